The maximum Gasteiger partial charge on any atom is 0.294 e. The number of piperidine rings is 1. The number of hydrogen-bond donors (Lipinski definition) is 1. The number of carbonyl (C=O) groups is 2. The predicted molar refractivity (Wildman–Crippen MR) is 116 cm³/mol. The highest BCUT2D eigenvalue weighted by atomic mass is 16.6. The number of anilines is 1. The molecule has 1 aliphatic heterocycles. The molecular weight excluding hydrogens is 412 g/mol. The number of nitrogens with zero attached hydrogens (tertiary/aromatic N) is 5. The molecule has 0 aliphatic carbocycles. The van der Waals surface area contributed by atoms with Crippen LogP contribution in [0.5, 0.6) is 0 Å². The monoisotopic (exact) mass is 434 g/mol. The van der Waals surface area contributed by atoms with Gasteiger partial charge in [-0.15, -0.1) is 0 Å². The van der Waals surface area contributed by atoms with Gasteiger partial charge in [0.25, 0.3) is 11.6 Å². The lowest BCUT2D eigenvalue weighted by atomic mass is 9.96. The van der Waals surface area contributed by atoms with Gasteiger partial charge in [-0.1, -0.05) is 6.07 Å². The van der Waals surface area contributed by atoms with Gasteiger partial charge in [0.15, 0.2) is 0 Å². The number of benzene rings is 1. The first-order valence-electron chi connectivity index (χ1n) is 10.2. The first-order valence-corrected chi connectivity index (χ1v) is 10.2. The molecule has 1 aromatic carbocycles. The van der Waals surface area contributed by atoms with Crippen LogP contribution in [0.25, 0.3) is 5.69 Å². The number of carbonyl (C=O) groups excluding carboxylic acids is 2. The van der Waals surface area contributed by atoms with E-state index in [1.54, 1.807) is 29.4 Å². The second kappa shape index (κ2) is 8.96. The molecule has 4 rings (SSSR count). The summed E-state index contributed by atoms with van der Waals surface area (Å²) < 4.78 is 1.52. The second-order valence-corrected chi connectivity index (χ2v) is 7.73. The van der Waals surface area contributed by atoms with E-state index in [0.717, 1.165) is 5.56 Å². The average Bonchev–Trinajstić information content (AvgIpc) is 3.34. The number of amides is 2. The van der Waals surface area contributed by atoms with E-state index in [4.69, 9.17) is 0 Å². The summed E-state index contributed by atoms with van der Waals surface area (Å²) >= 11 is 0. The molecule has 10 heteroatoms. The Bertz CT molecular complexity index is 1140. The largest absolute Gasteiger partial charge is 0.338 e. The highest BCUT2D eigenvalue weighted by Gasteiger charge is 2.30. The quantitative estimate of drug-likeness (QED) is 0.486. The number of nitrogens with one attached hydrogen (secondary N) is 1. The van der Waals surface area contributed by atoms with Crippen molar-refractivity contribution >= 4 is 23.3 Å². The molecule has 32 heavy (non-hydrogen) atoms. The van der Waals surface area contributed by atoms with Crippen LogP contribution in [0.1, 0.15) is 28.8 Å². The molecule has 0 saturated carbocycles. The maximum absolute atomic E-state index is 13.1. The second-order valence-electron chi connectivity index (χ2n) is 7.73. The smallest absolute Gasteiger partial charge is 0.294 e. The zero-order valence-electron chi connectivity index (χ0n) is 17.5. The van der Waals surface area contributed by atoms with Crippen molar-refractivity contribution < 1.29 is 14.5 Å². The molecule has 164 valence electrons. The van der Waals surface area contributed by atoms with Crippen molar-refractivity contribution in [2.24, 2.45) is 5.92 Å². The van der Waals surface area contributed by atoms with Crippen LogP contribution in [0.4, 0.5) is 11.5 Å². The minimum Gasteiger partial charge on any atom is -0.338 e. The zero-order chi connectivity index (χ0) is 22.7. The normalized spacial score (nSPS) is 15.9. The Kier molecular flexibility index (Phi) is 5.93. The number of pyridine rings is 1. The zero-order valence-corrected chi connectivity index (χ0v) is 17.5. The lowest BCUT2D eigenvalue weighted by Gasteiger charge is -2.32. The van der Waals surface area contributed by atoms with Gasteiger partial charge in [0.1, 0.15) is 11.5 Å². The molecule has 0 spiro atoms. The molecule has 10 nitrogen and oxygen atoms in total. The molecule has 2 amide bonds. The molecule has 3 heterocycles. The minimum absolute atomic E-state index is 0.189. The van der Waals surface area contributed by atoms with Crippen molar-refractivity contribution in [1.29, 1.82) is 0 Å². The highest BCUT2D eigenvalue weighted by molar-refractivity contribution is 5.97. The number of nitro benzene ring substituents is 1. The molecule has 0 radical (unpaired) electrons. The van der Waals surface area contributed by atoms with Gasteiger partial charge in [0.05, 0.1) is 17.2 Å². The Morgan fingerprint density at radius 3 is 2.78 bits per heavy atom. The lowest BCUT2D eigenvalue weighted by Crippen LogP contribution is -2.43. The van der Waals surface area contributed by atoms with Gasteiger partial charge < -0.3 is 14.8 Å². The Morgan fingerprint density at radius 2 is 2.09 bits per heavy atom. The summed E-state index contributed by atoms with van der Waals surface area (Å²) in [5.74, 6) is -0.442. The van der Waals surface area contributed by atoms with E-state index in [0.29, 0.717) is 30.9 Å². The standard InChI is InChI=1S/C22H22N6O4/c1-15-4-7-20(24-12-15)25-21(29)17-3-2-9-26(13-17)22(30)16-5-6-18(19(11-16)28(31)32)27-10-8-23-14-27/h4-8,10-12,14,17H,2-3,9,13H2,1H3,(H,24,25,29). The number of hydrogen-bond acceptors (Lipinski definition) is 6. The molecule has 1 unspecified atom stereocenters. The van der Waals surface area contributed by atoms with Crippen LogP contribution in [-0.2, 0) is 4.79 Å². The van der Waals surface area contributed by atoms with E-state index < -0.39 is 4.92 Å². The third kappa shape index (κ3) is 4.48. The number of nitro groups is 1. The highest BCUT2D eigenvalue weighted by Crippen LogP contribution is 2.26. The number of likely N-dealkylation sites (tertiary alicyclic amines) is 1. The summed E-state index contributed by atoms with van der Waals surface area (Å²) in [6, 6.07) is 7.96. The fourth-order valence-corrected chi connectivity index (χ4v) is 3.75. The van der Waals surface area contributed by atoms with Crippen molar-refractivity contribution in [1.82, 2.24) is 19.4 Å². The van der Waals surface area contributed by atoms with E-state index in [2.05, 4.69) is 15.3 Å². The fourth-order valence-electron chi connectivity index (χ4n) is 3.75. The van der Waals surface area contributed by atoms with Gasteiger partial charge in [0.2, 0.25) is 5.91 Å². The van der Waals surface area contributed by atoms with Crippen LogP contribution in [0.15, 0.2) is 55.2 Å². The van der Waals surface area contributed by atoms with Crippen LogP contribution < -0.4 is 5.32 Å². The van der Waals surface area contributed by atoms with E-state index in [9.17, 15) is 19.7 Å². The van der Waals surface area contributed by atoms with Crippen LogP contribution in [-0.4, -0.2) is 49.3 Å². The number of imidazole rings is 1. The molecule has 3 aromatic rings. The molecule has 0 bridgehead atoms. The lowest BCUT2D eigenvalue weighted by molar-refractivity contribution is -0.384. The molecule has 1 fully saturated rings. The van der Waals surface area contributed by atoms with Crippen molar-refractivity contribution in [2.75, 3.05) is 18.4 Å². The Labute approximate surface area is 184 Å². The van der Waals surface area contributed by atoms with E-state index in [1.165, 1.54) is 29.2 Å². The van der Waals surface area contributed by atoms with Crippen molar-refractivity contribution in [3.05, 3.63) is 76.5 Å². The van der Waals surface area contributed by atoms with E-state index >= 15 is 0 Å². The summed E-state index contributed by atoms with van der Waals surface area (Å²) in [5.41, 5.74) is 1.34. The number of aromatic nitrogens is 3. The van der Waals surface area contributed by atoms with Gasteiger partial charge >= 0.3 is 0 Å². The summed E-state index contributed by atoms with van der Waals surface area (Å²) in [6.07, 6.45) is 7.57. The van der Waals surface area contributed by atoms with Gasteiger partial charge in [-0.3, -0.25) is 19.7 Å². The van der Waals surface area contributed by atoms with Crippen LogP contribution in [0.3, 0.4) is 0 Å². The van der Waals surface area contributed by atoms with Gasteiger partial charge in [-0.05, 0) is 43.5 Å². The summed E-state index contributed by atoms with van der Waals surface area (Å²) in [4.78, 5) is 46.5. The first kappa shape index (κ1) is 21.2. The predicted octanol–water partition coefficient (Wildman–Crippen LogP) is 2.97. The number of aryl methyl sites for hydroxylation is 1. The van der Waals surface area contributed by atoms with Crippen LogP contribution in [0, 0.1) is 23.0 Å². The SMILES string of the molecule is Cc1ccc(NC(=O)C2CCCN(C(=O)c3ccc(-n4ccnc4)c([N+](=O)[O-])c3)C2)nc1. The Morgan fingerprint density at radius 1 is 1.25 bits per heavy atom. The minimum atomic E-state index is -0.521. The summed E-state index contributed by atoms with van der Waals surface area (Å²) in [7, 11) is 0. The third-order valence-electron chi connectivity index (χ3n) is 5.44. The molecule has 1 aliphatic rings. The Balaban J connectivity index is 1.49. The fraction of sp³-hybridized carbons (Fsp3) is 0.273. The molecular formula is C22H22N6O4. The maximum atomic E-state index is 13.1. The molecule has 1 N–H and O–H groups in total. The summed E-state index contributed by atoms with van der Waals surface area (Å²) in [5, 5.41) is 14.4. The van der Waals surface area contributed by atoms with Crippen molar-refractivity contribution in [3.8, 4) is 5.69 Å². The van der Waals surface area contributed by atoms with Gasteiger partial charge in [0, 0.05) is 43.3 Å². The number of rotatable bonds is 5. The molecule has 2 aromatic heterocycles. The van der Waals surface area contributed by atoms with Gasteiger partial charge in [-0.2, -0.15) is 0 Å². The molecule has 1 saturated heterocycles. The van der Waals surface area contributed by atoms with Gasteiger partial charge in [-0.25, -0.2) is 9.97 Å². The first-order chi connectivity index (χ1) is 15.4. The van der Waals surface area contributed by atoms with Crippen molar-refractivity contribution in [3.63, 3.8) is 0 Å². The molecule has 1 atom stereocenters. The summed E-state index contributed by atoms with van der Waals surface area (Å²) in [6.45, 7) is 2.64. The van der Waals surface area contributed by atoms with Crippen LogP contribution in [0.2, 0.25) is 0 Å². The van der Waals surface area contributed by atoms with Crippen molar-refractivity contribution in [2.45, 2.75) is 19.8 Å². The van der Waals surface area contributed by atoms with Crippen LogP contribution >= 0.6 is 0 Å². The van der Waals surface area contributed by atoms with E-state index in [-0.39, 0.29) is 35.5 Å². The topological polar surface area (TPSA) is 123 Å². The average molecular weight is 434 g/mol. The Hall–Kier alpha value is -4.08. The third-order valence-corrected chi connectivity index (χ3v) is 5.44. The van der Waals surface area contributed by atoms with E-state index in [1.807, 2.05) is 13.0 Å².